The van der Waals surface area contributed by atoms with Gasteiger partial charge in [-0.05, 0) is 12.1 Å². The van der Waals surface area contributed by atoms with Crippen molar-refractivity contribution in [3.63, 3.8) is 0 Å². The summed E-state index contributed by atoms with van der Waals surface area (Å²) in [6.07, 6.45) is -0.581. The van der Waals surface area contributed by atoms with Crippen molar-refractivity contribution in [3.8, 4) is 0 Å². The molecule has 0 bridgehead atoms. The molecule has 1 fully saturated rings. The zero-order valence-corrected chi connectivity index (χ0v) is 16.3. The summed E-state index contributed by atoms with van der Waals surface area (Å²) >= 11 is 4.73. The number of imide groups is 1. The van der Waals surface area contributed by atoms with Crippen molar-refractivity contribution < 1.29 is 19.1 Å². The Hall–Kier alpha value is -1.34. The van der Waals surface area contributed by atoms with E-state index in [9.17, 15) is 14.4 Å². The number of amides is 2. The maximum absolute atomic E-state index is 12.7. The van der Waals surface area contributed by atoms with Gasteiger partial charge in [0.1, 0.15) is 6.61 Å². The van der Waals surface area contributed by atoms with E-state index in [0.29, 0.717) is 5.56 Å². The minimum atomic E-state index is -0.629. The first-order valence-corrected chi connectivity index (χ1v) is 9.29. The molecule has 130 valence electrons. The van der Waals surface area contributed by atoms with E-state index in [1.807, 2.05) is 20.8 Å². The molecule has 0 N–H and O–H groups in total. The van der Waals surface area contributed by atoms with Gasteiger partial charge in [-0.3, -0.25) is 9.59 Å². The lowest BCUT2D eigenvalue weighted by Gasteiger charge is -2.26. The van der Waals surface area contributed by atoms with Gasteiger partial charge in [0.05, 0.1) is 11.8 Å². The highest BCUT2D eigenvalue weighted by molar-refractivity contribution is 9.10. The Morgan fingerprint density at radius 2 is 1.92 bits per heavy atom. The number of hydrogen-bond acceptors (Lipinski definition) is 5. The molecule has 0 unspecified atom stereocenters. The molecule has 1 aliphatic rings. The van der Waals surface area contributed by atoms with Crippen LogP contribution in [0.15, 0.2) is 28.7 Å². The fourth-order valence-corrected chi connectivity index (χ4v) is 3.88. The Morgan fingerprint density at radius 3 is 2.42 bits per heavy atom. The highest BCUT2D eigenvalue weighted by Gasteiger charge is 2.36. The molecule has 1 aromatic carbocycles. The summed E-state index contributed by atoms with van der Waals surface area (Å²) in [4.78, 5) is 38.0. The average Bonchev–Trinajstić information content (AvgIpc) is 2.91. The number of ether oxygens (including phenoxy) is 1. The standard InChI is InChI=1S/C17H20BrNO4S/c1-17(2,3)24-14(15(21)19-8-9-23-16(19)22)10-13(20)11-4-6-12(18)7-5-11/h4-7,14H,8-10H2,1-3H3/t14-/m0/s1. The Bertz CT molecular complexity index is 639. The number of thioether (sulfide) groups is 1. The lowest BCUT2D eigenvalue weighted by molar-refractivity contribution is -0.127. The van der Waals surface area contributed by atoms with E-state index in [1.165, 1.54) is 11.8 Å². The number of halogens is 1. The fourth-order valence-electron chi connectivity index (χ4n) is 2.30. The van der Waals surface area contributed by atoms with Crippen LogP contribution in [0.5, 0.6) is 0 Å². The van der Waals surface area contributed by atoms with Crippen LogP contribution in [0.4, 0.5) is 4.79 Å². The van der Waals surface area contributed by atoms with Gasteiger partial charge < -0.3 is 4.74 Å². The quantitative estimate of drug-likeness (QED) is 0.684. The van der Waals surface area contributed by atoms with Gasteiger partial charge in [0, 0.05) is 21.2 Å². The van der Waals surface area contributed by atoms with Crippen molar-refractivity contribution in [2.24, 2.45) is 0 Å². The molecule has 1 atom stereocenters. The minimum Gasteiger partial charge on any atom is -0.447 e. The summed E-state index contributed by atoms with van der Waals surface area (Å²) in [5.74, 6) is -0.479. The van der Waals surface area contributed by atoms with Crippen LogP contribution in [0.2, 0.25) is 0 Å². The molecular formula is C17H20BrNO4S. The first kappa shape index (κ1) is 19.0. The van der Waals surface area contributed by atoms with Gasteiger partial charge in [-0.1, -0.05) is 48.8 Å². The van der Waals surface area contributed by atoms with E-state index in [0.717, 1.165) is 9.37 Å². The van der Waals surface area contributed by atoms with Gasteiger partial charge in [0.25, 0.3) is 0 Å². The van der Waals surface area contributed by atoms with Gasteiger partial charge in [0.2, 0.25) is 5.91 Å². The van der Waals surface area contributed by atoms with Crippen LogP contribution in [-0.4, -0.2) is 45.8 Å². The van der Waals surface area contributed by atoms with Gasteiger partial charge >= 0.3 is 6.09 Å². The van der Waals surface area contributed by atoms with Crippen molar-refractivity contribution in [2.75, 3.05) is 13.2 Å². The Kier molecular flexibility index (Phi) is 6.09. The number of carbonyl (C=O) groups is 3. The third kappa shape index (κ3) is 5.08. The average molecular weight is 414 g/mol. The van der Waals surface area contributed by atoms with Crippen LogP contribution in [0, 0.1) is 0 Å². The summed E-state index contributed by atoms with van der Waals surface area (Å²) in [5, 5.41) is -0.619. The van der Waals surface area contributed by atoms with Crippen LogP contribution < -0.4 is 0 Å². The third-order valence-electron chi connectivity index (χ3n) is 3.34. The second-order valence-electron chi connectivity index (χ2n) is 6.46. The van der Waals surface area contributed by atoms with E-state index in [2.05, 4.69) is 15.9 Å². The Balaban J connectivity index is 2.16. The molecule has 1 saturated heterocycles. The highest BCUT2D eigenvalue weighted by atomic mass is 79.9. The van der Waals surface area contributed by atoms with Crippen molar-refractivity contribution in [2.45, 2.75) is 37.2 Å². The zero-order chi connectivity index (χ0) is 17.9. The van der Waals surface area contributed by atoms with Gasteiger partial charge in [-0.25, -0.2) is 9.69 Å². The molecule has 2 rings (SSSR count). The summed E-state index contributed by atoms with van der Waals surface area (Å²) in [6, 6.07) is 7.03. The molecule has 5 nitrogen and oxygen atoms in total. The zero-order valence-electron chi connectivity index (χ0n) is 13.9. The summed E-state index contributed by atoms with van der Waals surface area (Å²) in [7, 11) is 0. The molecule has 24 heavy (non-hydrogen) atoms. The second kappa shape index (κ2) is 7.70. The molecule has 1 heterocycles. The van der Waals surface area contributed by atoms with Gasteiger partial charge in [-0.15, -0.1) is 11.8 Å². The molecular weight excluding hydrogens is 394 g/mol. The van der Waals surface area contributed by atoms with Crippen molar-refractivity contribution >= 4 is 45.5 Å². The largest absolute Gasteiger partial charge is 0.447 e. The van der Waals surface area contributed by atoms with E-state index in [-0.39, 0.29) is 36.0 Å². The van der Waals surface area contributed by atoms with Crippen molar-refractivity contribution in [1.82, 2.24) is 4.90 Å². The molecule has 2 amide bonds. The lowest BCUT2D eigenvalue weighted by Crippen LogP contribution is -2.40. The fraction of sp³-hybridized carbons (Fsp3) is 0.471. The normalized spacial score (nSPS) is 16.0. The van der Waals surface area contributed by atoms with Crippen LogP contribution in [0.3, 0.4) is 0 Å². The van der Waals surface area contributed by atoms with Crippen LogP contribution in [0.1, 0.15) is 37.6 Å². The first-order chi connectivity index (χ1) is 11.2. The Morgan fingerprint density at radius 1 is 1.29 bits per heavy atom. The third-order valence-corrected chi connectivity index (χ3v) is 5.22. The molecule has 1 aromatic rings. The van der Waals surface area contributed by atoms with Crippen LogP contribution in [-0.2, 0) is 9.53 Å². The summed E-state index contributed by atoms with van der Waals surface area (Å²) in [6.45, 7) is 6.38. The number of carbonyl (C=O) groups excluding carboxylic acids is 3. The van der Waals surface area contributed by atoms with E-state index < -0.39 is 11.3 Å². The van der Waals surface area contributed by atoms with Crippen molar-refractivity contribution in [1.29, 1.82) is 0 Å². The maximum Gasteiger partial charge on any atom is 0.416 e. The van der Waals surface area contributed by atoms with Gasteiger partial charge in [0.15, 0.2) is 5.78 Å². The van der Waals surface area contributed by atoms with E-state index in [1.54, 1.807) is 24.3 Å². The molecule has 7 heteroatoms. The number of nitrogens with zero attached hydrogens (tertiary/aromatic N) is 1. The molecule has 0 aromatic heterocycles. The molecule has 1 aliphatic heterocycles. The molecule has 0 aliphatic carbocycles. The van der Waals surface area contributed by atoms with E-state index >= 15 is 0 Å². The predicted molar refractivity (Wildman–Crippen MR) is 97.3 cm³/mol. The topological polar surface area (TPSA) is 63.7 Å². The molecule has 0 radical (unpaired) electrons. The molecule has 0 spiro atoms. The minimum absolute atomic E-state index is 0.0478. The number of Topliss-reactive ketones (excluding diaryl/α,β-unsaturated/α-hetero) is 1. The summed E-state index contributed by atoms with van der Waals surface area (Å²) in [5.41, 5.74) is 0.550. The van der Waals surface area contributed by atoms with Crippen molar-refractivity contribution in [3.05, 3.63) is 34.3 Å². The number of cyclic esters (lactones) is 1. The first-order valence-electron chi connectivity index (χ1n) is 7.62. The van der Waals surface area contributed by atoms with Gasteiger partial charge in [-0.2, -0.15) is 0 Å². The number of rotatable bonds is 5. The Labute approximate surface area is 154 Å². The van der Waals surface area contributed by atoms with Crippen LogP contribution in [0.25, 0.3) is 0 Å². The number of benzene rings is 1. The SMILES string of the molecule is CC(C)(C)S[C@@H](CC(=O)c1ccc(Br)cc1)C(=O)N1CCOC1=O. The maximum atomic E-state index is 12.7. The predicted octanol–water partition coefficient (Wildman–Crippen LogP) is 3.90. The number of ketones is 1. The number of hydrogen-bond donors (Lipinski definition) is 0. The van der Waals surface area contributed by atoms with E-state index in [4.69, 9.17) is 4.74 Å². The van der Waals surface area contributed by atoms with Crippen LogP contribution >= 0.6 is 27.7 Å². The summed E-state index contributed by atoms with van der Waals surface area (Å²) < 4.78 is 5.50. The monoisotopic (exact) mass is 413 g/mol. The molecule has 0 saturated carbocycles. The highest BCUT2D eigenvalue weighted by Crippen LogP contribution is 2.32. The second-order valence-corrected chi connectivity index (χ2v) is 9.40. The lowest BCUT2D eigenvalue weighted by atomic mass is 10.1. The smallest absolute Gasteiger partial charge is 0.416 e.